The molecule has 0 unspecified atom stereocenters. The van der Waals surface area contributed by atoms with Crippen molar-refractivity contribution in [3.63, 3.8) is 0 Å². The van der Waals surface area contributed by atoms with E-state index >= 15 is 8.78 Å². The van der Waals surface area contributed by atoms with Crippen LogP contribution < -0.4 is 0 Å². The Bertz CT molecular complexity index is 1020. The van der Waals surface area contributed by atoms with Crippen LogP contribution in [0.2, 0.25) is 0 Å². The Morgan fingerprint density at radius 1 is 0.720 bits per heavy atom. The maximum absolute atomic E-state index is 15.0. The highest BCUT2D eigenvalue weighted by Crippen LogP contribution is 2.39. The molecule has 1 aromatic heterocycles. The summed E-state index contributed by atoms with van der Waals surface area (Å²) in [6, 6.07) is 14.6. The first-order valence-electron chi connectivity index (χ1n) is 7.83. The summed E-state index contributed by atoms with van der Waals surface area (Å²) in [5.41, 5.74) is 4.27. The van der Waals surface area contributed by atoms with E-state index in [1.807, 2.05) is 50.2 Å². The lowest BCUT2D eigenvalue weighted by Crippen LogP contribution is -1.97. The standard InChI is InChI=1S/C20H14F2N2S/c1-11-5-3-7-13(9-11)15-17(21)18(22)16(20-19(15)23-25-24-20)14-8-4-6-12(2)10-14/h3-10H,1-2H3. The summed E-state index contributed by atoms with van der Waals surface area (Å²) in [7, 11) is 0. The molecule has 2 nitrogen and oxygen atoms in total. The number of rotatable bonds is 2. The van der Waals surface area contributed by atoms with Crippen molar-refractivity contribution in [1.29, 1.82) is 0 Å². The van der Waals surface area contributed by atoms with Gasteiger partial charge in [0, 0.05) is 11.1 Å². The number of aromatic nitrogens is 2. The fourth-order valence-corrected chi connectivity index (χ4v) is 3.63. The summed E-state index contributed by atoms with van der Waals surface area (Å²) in [6.45, 7) is 3.82. The number of hydrogen-bond donors (Lipinski definition) is 0. The van der Waals surface area contributed by atoms with E-state index in [-0.39, 0.29) is 11.1 Å². The first kappa shape index (κ1) is 15.8. The molecule has 0 fully saturated rings. The smallest absolute Gasteiger partial charge is 0.169 e. The van der Waals surface area contributed by atoms with Crippen LogP contribution in [0.3, 0.4) is 0 Å². The SMILES string of the molecule is Cc1cccc(-c2c(F)c(F)c(-c3cccc(C)c3)c3nsnc23)c1. The maximum Gasteiger partial charge on any atom is 0.169 e. The molecule has 3 aromatic carbocycles. The average molecular weight is 352 g/mol. The molecule has 124 valence electrons. The van der Waals surface area contributed by atoms with Gasteiger partial charge in [-0.2, -0.15) is 8.75 Å². The monoisotopic (exact) mass is 352 g/mol. The number of nitrogens with zero attached hydrogens (tertiary/aromatic N) is 2. The second-order valence-corrected chi connectivity index (χ2v) is 6.61. The third-order valence-electron chi connectivity index (χ3n) is 4.21. The topological polar surface area (TPSA) is 25.8 Å². The van der Waals surface area contributed by atoms with Gasteiger partial charge in [-0.3, -0.25) is 0 Å². The molecule has 0 spiro atoms. The molecule has 0 radical (unpaired) electrons. The Labute approximate surface area is 148 Å². The summed E-state index contributed by atoms with van der Waals surface area (Å²) >= 11 is 0.963. The van der Waals surface area contributed by atoms with Crippen molar-refractivity contribution >= 4 is 22.8 Å². The van der Waals surface area contributed by atoms with Crippen LogP contribution in [0.4, 0.5) is 8.78 Å². The molecule has 4 rings (SSSR count). The van der Waals surface area contributed by atoms with E-state index in [1.54, 1.807) is 12.1 Å². The lowest BCUT2D eigenvalue weighted by Gasteiger charge is -2.11. The van der Waals surface area contributed by atoms with Gasteiger partial charge in [0.2, 0.25) is 0 Å². The second-order valence-electron chi connectivity index (χ2n) is 6.08. The molecule has 1 heterocycles. The summed E-state index contributed by atoms with van der Waals surface area (Å²) in [5.74, 6) is -1.77. The largest absolute Gasteiger partial charge is 0.203 e. The number of benzene rings is 3. The Kier molecular flexibility index (Phi) is 3.81. The third-order valence-corrected chi connectivity index (χ3v) is 4.74. The molecule has 0 aliphatic carbocycles. The van der Waals surface area contributed by atoms with Gasteiger partial charge in [0.05, 0.1) is 11.7 Å². The maximum atomic E-state index is 15.0. The minimum absolute atomic E-state index is 0.168. The van der Waals surface area contributed by atoms with Crippen molar-refractivity contribution in [2.24, 2.45) is 0 Å². The van der Waals surface area contributed by atoms with Crippen molar-refractivity contribution in [3.05, 3.63) is 71.3 Å². The van der Waals surface area contributed by atoms with Crippen LogP contribution in [-0.2, 0) is 0 Å². The van der Waals surface area contributed by atoms with Gasteiger partial charge in [0.15, 0.2) is 11.6 Å². The van der Waals surface area contributed by atoms with Crippen LogP contribution in [0.15, 0.2) is 48.5 Å². The first-order chi connectivity index (χ1) is 12.1. The highest BCUT2D eigenvalue weighted by Gasteiger charge is 2.24. The molecule has 0 bridgehead atoms. The minimum Gasteiger partial charge on any atom is -0.203 e. The quantitative estimate of drug-likeness (QED) is 0.447. The van der Waals surface area contributed by atoms with Crippen molar-refractivity contribution in [2.75, 3.05) is 0 Å². The van der Waals surface area contributed by atoms with Crippen molar-refractivity contribution in [2.45, 2.75) is 13.8 Å². The molecule has 0 atom stereocenters. The Morgan fingerprint density at radius 3 is 1.56 bits per heavy atom. The lowest BCUT2D eigenvalue weighted by molar-refractivity contribution is 0.515. The highest BCUT2D eigenvalue weighted by molar-refractivity contribution is 7.00. The van der Waals surface area contributed by atoms with Gasteiger partial charge in [0.25, 0.3) is 0 Å². The molecule has 0 saturated carbocycles. The number of hydrogen-bond acceptors (Lipinski definition) is 3. The van der Waals surface area contributed by atoms with E-state index in [2.05, 4.69) is 8.75 Å². The molecule has 0 N–H and O–H groups in total. The zero-order valence-electron chi connectivity index (χ0n) is 13.7. The van der Waals surface area contributed by atoms with Crippen LogP contribution in [0.1, 0.15) is 11.1 Å². The Morgan fingerprint density at radius 2 is 1.16 bits per heavy atom. The zero-order valence-corrected chi connectivity index (χ0v) is 14.5. The Hall–Kier alpha value is -2.66. The lowest BCUT2D eigenvalue weighted by atomic mass is 9.95. The van der Waals surface area contributed by atoms with Gasteiger partial charge in [-0.1, -0.05) is 59.7 Å². The van der Waals surface area contributed by atoms with Gasteiger partial charge in [-0.15, -0.1) is 0 Å². The second kappa shape index (κ2) is 6.01. The predicted molar refractivity (Wildman–Crippen MR) is 97.7 cm³/mol. The normalized spacial score (nSPS) is 11.2. The van der Waals surface area contributed by atoms with Crippen molar-refractivity contribution in [1.82, 2.24) is 8.75 Å². The average Bonchev–Trinajstić information content (AvgIpc) is 3.04. The highest BCUT2D eigenvalue weighted by atomic mass is 32.1. The van der Waals surface area contributed by atoms with Gasteiger partial charge in [0.1, 0.15) is 11.0 Å². The summed E-state index contributed by atoms with van der Waals surface area (Å²) in [5, 5.41) is 0. The summed E-state index contributed by atoms with van der Waals surface area (Å²) < 4.78 is 38.6. The zero-order chi connectivity index (χ0) is 17.6. The predicted octanol–water partition coefficient (Wildman–Crippen LogP) is 5.92. The molecule has 0 amide bonds. The molecule has 0 aliphatic heterocycles. The van der Waals surface area contributed by atoms with Gasteiger partial charge < -0.3 is 0 Å². The third kappa shape index (κ3) is 2.61. The molecule has 0 saturated heterocycles. The van der Waals surface area contributed by atoms with E-state index in [9.17, 15) is 0 Å². The number of halogens is 2. The molecular weight excluding hydrogens is 338 g/mol. The summed E-state index contributed by atoms with van der Waals surface area (Å²) in [6.07, 6.45) is 0. The van der Waals surface area contributed by atoms with Gasteiger partial charge in [-0.05, 0) is 25.0 Å². The van der Waals surface area contributed by atoms with E-state index in [0.29, 0.717) is 22.2 Å². The molecule has 0 aliphatic rings. The van der Waals surface area contributed by atoms with Crippen molar-refractivity contribution in [3.8, 4) is 22.3 Å². The van der Waals surface area contributed by atoms with Crippen LogP contribution in [0.25, 0.3) is 33.3 Å². The van der Waals surface area contributed by atoms with Crippen LogP contribution in [0.5, 0.6) is 0 Å². The number of fused-ring (bicyclic) bond motifs is 1. The van der Waals surface area contributed by atoms with E-state index in [4.69, 9.17) is 0 Å². The van der Waals surface area contributed by atoms with Crippen LogP contribution >= 0.6 is 11.7 Å². The molecule has 25 heavy (non-hydrogen) atoms. The van der Waals surface area contributed by atoms with Gasteiger partial charge in [-0.25, -0.2) is 8.78 Å². The first-order valence-corrected chi connectivity index (χ1v) is 8.56. The Balaban J connectivity index is 2.08. The number of aryl methyl sites for hydroxylation is 2. The fourth-order valence-electron chi connectivity index (χ4n) is 3.07. The van der Waals surface area contributed by atoms with E-state index < -0.39 is 11.6 Å². The van der Waals surface area contributed by atoms with Crippen LogP contribution in [0, 0.1) is 25.5 Å². The fraction of sp³-hybridized carbons (Fsp3) is 0.100. The summed E-state index contributed by atoms with van der Waals surface area (Å²) in [4.78, 5) is 0. The van der Waals surface area contributed by atoms with Gasteiger partial charge >= 0.3 is 0 Å². The van der Waals surface area contributed by atoms with Crippen molar-refractivity contribution < 1.29 is 8.78 Å². The minimum atomic E-state index is -0.887. The molecular formula is C20H14F2N2S. The molecule has 5 heteroatoms. The van der Waals surface area contributed by atoms with Crippen LogP contribution in [-0.4, -0.2) is 8.75 Å². The van der Waals surface area contributed by atoms with E-state index in [1.165, 1.54) is 0 Å². The van der Waals surface area contributed by atoms with E-state index in [0.717, 1.165) is 22.9 Å². The molecule has 4 aromatic rings.